The second kappa shape index (κ2) is 12.9. The Labute approximate surface area is 212 Å². The van der Waals surface area contributed by atoms with Crippen LogP contribution in [-0.4, -0.2) is 50.3 Å². The number of carbonyl (C=O) groups excluding carboxylic acids is 2. The van der Waals surface area contributed by atoms with Gasteiger partial charge >= 0.3 is 0 Å². The standard InChI is InChI=1S/C29H33NO6/c1-21(31)9-18-28(33)30-19-25(32)20-36-29(22-7-5-4-6-8-22,23-10-14-26(34-2)15-11-23)24-12-16-27(35-3)17-13-24/h4-8,10-17,25,32H,9,18-20H2,1-3H3,(H,30,33). The van der Waals surface area contributed by atoms with Gasteiger partial charge in [-0.3, -0.25) is 4.79 Å². The largest absolute Gasteiger partial charge is 0.497 e. The summed E-state index contributed by atoms with van der Waals surface area (Å²) in [6, 6.07) is 25.0. The summed E-state index contributed by atoms with van der Waals surface area (Å²) in [6.07, 6.45) is -0.704. The van der Waals surface area contributed by atoms with E-state index in [2.05, 4.69) is 5.32 Å². The minimum atomic E-state index is -1.06. The van der Waals surface area contributed by atoms with Gasteiger partial charge in [-0.15, -0.1) is 0 Å². The first-order valence-corrected chi connectivity index (χ1v) is 11.8. The number of ketones is 1. The molecular weight excluding hydrogens is 458 g/mol. The van der Waals surface area contributed by atoms with Crippen LogP contribution >= 0.6 is 0 Å². The molecule has 0 aliphatic rings. The van der Waals surface area contributed by atoms with Crippen molar-refractivity contribution < 1.29 is 28.9 Å². The maximum absolute atomic E-state index is 12.0. The summed E-state index contributed by atoms with van der Waals surface area (Å²) in [5, 5.41) is 13.4. The predicted octanol–water partition coefficient (Wildman–Crippen LogP) is 3.86. The van der Waals surface area contributed by atoms with Crippen molar-refractivity contribution in [2.45, 2.75) is 31.5 Å². The first kappa shape index (κ1) is 26.9. The highest BCUT2D eigenvalue weighted by Gasteiger charge is 2.38. The quantitative estimate of drug-likeness (QED) is 0.353. The number of nitrogens with one attached hydrogen (secondary N) is 1. The van der Waals surface area contributed by atoms with Gasteiger partial charge in [-0.05, 0) is 47.9 Å². The zero-order chi connectivity index (χ0) is 26.0. The van der Waals surface area contributed by atoms with Crippen LogP contribution in [-0.2, 0) is 19.9 Å². The van der Waals surface area contributed by atoms with E-state index < -0.39 is 11.7 Å². The number of Topliss-reactive ketones (excluding diaryl/α,β-unsaturated/α-hetero) is 1. The third-order valence-corrected chi connectivity index (χ3v) is 5.90. The summed E-state index contributed by atoms with van der Waals surface area (Å²) in [4.78, 5) is 23.1. The average Bonchev–Trinajstić information content (AvgIpc) is 2.92. The molecule has 1 unspecified atom stereocenters. The highest BCUT2D eigenvalue weighted by molar-refractivity contribution is 5.83. The van der Waals surface area contributed by atoms with Crippen molar-refractivity contribution in [3.63, 3.8) is 0 Å². The second-order valence-electron chi connectivity index (χ2n) is 8.48. The lowest BCUT2D eigenvalue weighted by atomic mass is 9.80. The molecule has 3 aromatic carbocycles. The average molecular weight is 492 g/mol. The number of carbonyl (C=O) groups is 2. The van der Waals surface area contributed by atoms with Gasteiger partial charge in [-0.2, -0.15) is 0 Å². The fraction of sp³-hybridized carbons (Fsp3) is 0.310. The van der Waals surface area contributed by atoms with Gasteiger partial charge in [-0.25, -0.2) is 0 Å². The second-order valence-corrected chi connectivity index (χ2v) is 8.48. The zero-order valence-electron chi connectivity index (χ0n) is 20.9. The molecule has 3 rings (SSSR count). The molecule has 7 nitrogen and oxygen atoms in total. The van der Waals surface area contributed by atoms with Crippen molar-refractivity contribution in [2.24, 2.45) is 0 Å². The Balaban J connectivity index is 1.95. The van der Waals surface area contributed by atoms with Gasteiger partial charge in [0.05, 0.1) is 26.9 Å². The lowest BCUT2D eigenvalue weighted by molar-refractivity contribution is -0.125. The molecule has 7 heteroatoms. The van der Waals surface area contributed by atoms with E-state index in [0.29, 0.717) is 11.5 Å². The Kier molecular flexibility index (Phi) is 9.61. The third kappa shape index (κ3) is 6.71. The molecule has 3 aromatic rings. The van der Waals surface area contributed by atoms with E-state index in [0.717, 1.165) is 16.7 Å². The highest BCUT2D eigenvalue weighted by Crippen LogP contribution is 2.41. The molecular formula is C29H33NO6. The molecule has 0 heterocycles. The monoisotopic (exact) mass is 491 g/mol. The number of aliphatic hydroxyl groups excluding tert-OH is 1. The van der Waals surface area contributed by atoms with Crippen LogP contribution < -0.4 is 14.8 Å². The Morgan fingerprint density at radius 3 is 1.78 bits per heavy atom. The molecule has 0 spiro atoms. The molecule has 0 bridgehead atoms. The molecule has 0 saturated heterocycles. The Morgan fingerprint density at radius 1 is 0.806 bits per heavy atom. The summed E-state index contributed by atoms with van der Waals surface area (Å²) in [5.41, 5.74) is 1.51. The Hall–Kier alpha value is -3.68. The predicted molar refractivity (Wildman–Crippen MR) is 137 cm³/mol. The molecule has 1 atom stereocenters. The minimum Gasteiger partial charge on any atom is -0.497 e. The summed E-state index contributed by atoms with van der Waals surface area (Å²) < 4.78 is 17.3. The van der Waals surface area contributed by atoms with E-state index in [4.69, 9.17) is 14.2 Å². The number of benzene rings is 3. The SMILES string of the molecule is COc1ccc(C(OCC(O)CNC(=O)CCC(C)=O)(c2ccccc2)c2ccc(OC)cc2)cc1. The number of amides is 1. The van der Waals surface area contributed by atoms with E-state index in [1.165, 1.54) is 6.92 Å². The molecule has 0 saturated carbocycles. The van der Waals surface area contributed by atoms with E-state index in [9.17, 15) is 14.7 Å². The van der Waals surface area contributed by atoms with Gasteiger partial charge in [0, 0.05) is 19.4 Å². The van der Waals surface area contributed by atoms with E-state index >= 15 is 0 Å². The molecule has 0 aliphatic heterocycles. The maximum atomic E-state index is 12.0. The lowest BCUT2D eigenvalue weighted by Gasteiger charge is -2.36. The summed E-state index contributed by atoms with van der Waals surface area (Å²) in [5.74, 6) is 1.08. The van der Waals surface area contributed by atoms with Crippen LogP contribution in [0.5, 0.6) is 11.5 Å². The normalized spacial score (nSPS) is 12.0. The van der Waals surface area contributed by atoms with Crippen molar-refractivity contribution in [1.29, 1.82) is 0 Å². The molecule has 0 aromatic heterocycles. The first-order valence-electron chi connectivity index (χ1n) is 11.8. The summed E-state index contributed by atoms with van der Waals surface area (Å²) in [6.45, 7) is 1.39. The van der Waals surface area contributed by atoms with Gasteiger partial charge < -0.3 is 29.4 Å². The van der Waals surface area contributed by atoms with Crippen LogP contribution in [0.4, 0.5) is 0 Å². The van der Waals surface area contributed by atoms with Crippen molar-refractivity contribution in [2.75, 3.05) is 27.4 Å². The number of methoxy groups -OCH3 is 2. The van der Waals surface area contributed by atoms with Crippen LogP contribution in [0.25, 0.3) is 0 Å². The molecule has 0 aliphatic carbocycles. The Morgan fingerprint density at radius 2 is 1.31 bits per heavy atom. The number of ether oxygens (including phenoxy) is 3. The molecule has 0 fully saturated rings. The van der Waals surface area contributed by atoms with Crippen LogP contribution in [0.15, 0.2) is 78.9 Å². The number of hydrogen-bond acceptors (Lipinski definition) is 6. The minimum absolute atomic E-state index is 0.00678. The first-order chi connectivity index (χ1) is 17.4. The zero-order valence-corrected chi connectivity index (χ0v) is 20.9. The van der Waals surface area contributed by atoms with Crippen molar-refractivity contribution >= 4 is 11.7 Å². The number of aliphatic hydroxyl groups is 1. The molecule has 190 valence electrons. The van der Waals surface area contributed by atoms with E-state index in [1.807, 2.05) is 78.9 Å². The van der Waals surface area contributed by atoms with Gasteiger partial charge in [0.2, 0.25) is 5.91 Å². The number of hydrogen-bond donors (Lipinski definition) is 2. The van der Waals surface area contributed by atoms with Crippen molar-refractivity contribution in [3.8, 4) is 11.5 Å². The third-order valence-electron chi connectivity index (χ3n) is 5.90. The molecule has 2 N–H and O–H groups in total. The van der Waals surface area contributed by atoms with Gasteiger partial charge in [-0.1, -0.05) is 54.6 Å². The van der Waals surface area contributed by atoms with E-state index in [-0.39, 0.29) is 37.7 Å². The highest BCUT2D eigenvalue weighted by atomic mass is 16.5. The maximum Gasteiger partial charge on any atom is 0.220 e. The van der Waals surface area contributed by atoms with E-state index in [1.54, 1.807) is 14.2 Å². The lowest BCUT2D eigenvalue weighted by Crippen LogP contribution is -2.39. The number of rotatable bonds is 13. The van der Waals surface area contributed by atoms with Gasteiger partial charge in [0.15, 0.2) is 0 Å². The molecule has 0 radical (unpaired) electrons. The van der Waals surface area contributed by atoms with Crippen molar-refractivity contribution in [1.82, 2.24) is 5.32 Å². The summed E-state index contributed by atoms with van der Waals surface area (Å²) in [7, 11) is 3.22. The van der Waals surface area contributed by atoms with Gasteiger partial charge in [0.25, 0.3) is 0 Å². The smallest absolute Gasteiger partial charge is 0.220 e. The molecule has 36 heavy (non-hydrogen) atoms. The topological polar surface area (TPSA) is 94.1 Å². The van der Waals surface area contributed by atoms with Crippen LogP contribution in [0.1, 0.15) is 36.5 Å². The Bertz CT molecular complexity index is 1070. The fourth-order valence-electron chi connectivity index (χ4n) is 3.96. The van der Waals surface area contributed by atoms with Crippen LogP contribution in [0.3, 0.4) is 0 Å². The molecule has 1 amide bonds. The van der Waals surface area contributed by atoms with Crippen LogP contribution in [0, 0.1) is 0 Å². The summed E-state index contributed by atoms with van der Waals surface area (Å²) >= 11 is 0. The van der Waals surface area contributed by atoms with Crippen LogP contribution in [0.2, 0.25) is 0 Å². The van der Waals surface area contributed by atoms with Gasteiger partial charge in [0.1, 0.15) is 22.9 Å². The van der Waals surface area contributed by atoms with Crippen molar-refractivity contribution in [3.05, 3.63) is 95.6 Å². The fourth-order valence-corrected chi connectivity index (χ4v) is 3.96.